The number of hydrogen-bond acceptors (Lipinski definition) is 4. The molecule has 0 saturated heterocycles. The molecule has 0 aromatic rings. The van der Waals surface area contributed by atoms with Crippen molar-refractivity contribution in [3.63, 3.8) is 0 Å². The third kappa shape index (κ3) is 7.45. The van der Waals surface area contributed by atoms with Gasteiger partial charge in [-0.1, -0.05) is 41.5 Å². The van der Waals surface area contributed by atoms with E-state index in [9.17, 15) is 0 Å². The molecule has 0 aliphatic heterocycles. The van der Waals surface area contributed by atoms with Crippen molar-refractivity contribution >= 4 is 14.8 Å². The van der Waals surface area contributed by atoms with E-state index in [1.807, 2.05) is 0 Å². The second-order valence-corrected chi connectivity index (χ2v) is 9.09. The van der Waals surface area contributed by atoms with Gasteiger partial charge in [0.05, 0.1) is 0 Å². The van der Waals surface area contributed by atoms with Crippen LogP contribution in [-0.2, 0) is 0 Å². The fraction of sp³-hybridized carbons (Fsp3) is 1.00. The average Bonchev–Trinajstić information content (AvgIpc) is 2.44. The molecule has 5 heteroatoms. The van der Waals surface area contributed by atoms with Gasteiger partial charge in [-0.2, -0.15) is 0 Å². The van der Waals surface area contributed by atoms with Crippen molar-refractivity contribution in [3.05, 3.63) is 0 Å². The summed E-state index contributed by atoms with van der Waals surface area (Å²) >= 11 is -1.22. The van der Waals surface area contributed by atoms with Crippen molar-refractivity contribution in [3.8, 4) is 0 Å². The molecule has 0 heterocycles. The third-order valence-electron chi connectivity index (χ3n) is 4.26. The molecule has 0 spiro atoms. The first-order valence-corrected chi connectivity index (χ1v) is 10.4. The van der Waals surface area contributed by atoms with Crippen molar-refractivity contribution in [1.82, 2.24) is 16.6 Å². The Labute approximate surface area is 139 Å². The summed E-state index contributed by atoms with van der Waals surface area (Å²) in [6.07, 6.45) is 1.26. The van der Waals surface area contributed by atoms with E-state index in [1.165, 1.54) is 45.7 Å². The van der Waals surface area contributed by atoms with Gasteiger partial charge in [0.2, 0.25) is 0 Å². The van der Waals surface area contributed by atoms with Gasteiger partial charge in [-0.15, -0.1) is 0 Å². The molecule has 0 aliphatic rings. The minimum Gasteiger partial charge on any atom is -0.357 e. The molecule has 0 rings (SSSR count). The molecule has 0 radical (unpaired) electrons. The van der Waals surface area contributed by atoms with Crippen molar-refractivity contribution in [2.45, 2.75) is 54.0 Å². The second kappa shape index (κ2) is 11.9. The van der Waals surface area contributed by atoms with Crippen LogP contribution in [0, 0.1) is 0 Å². The zero-order chi connectivity index (χ0) is 16.4. The van der Waals surface area contributed by atoms with E-state index in [0.29, 0.717) is 6.04 Å². The first kappa shape index (κ1) is 21.4. The normalized spacial score (nSPS) is 12.4. The van der Waals surface area contributed by atoms with Crippen molar-refractivity contribution < 1.29 is 0 Å². The second-order valence-electron chi connectivity index (χ2n) is 6.28. The number of nitrogens with zero attached hydrogens (tertiary/aromatic N) is 4. The van der Waals surface area contributed by atoms with Gasteiger partial charge in [-0.05, 0) is 65.8 Å². The van der Waals surface area contributed by atoms with Crippen molar-refractivity contribution in [2.24, 2.45) is 0 Å². The Kier molecular flexibility index (Phi) is 12.1. The summed E-state index contributed by atoms with van der Waals surface area (Å²) in [4.78, 5) is 2.30. The van der Waals surface area contributed by atoms with Crippen LogP contribution in [0.1, 0.15) is 48.0 Å². The highest BCUT2D eigenvalue weighted by Gasteiger charge is 2.40. The molecule has 4 nitrogen and oxygen atoms in total. The van der Waals surface area contributed by atoms with Crippen LogP contribution in [-0.4, -0.2) is 90.8 Å². The molecule has 0 atom stereocenters. The van der Waals surface area contributed by atoms with E-state index in [4.69, 9.17) is 0 Å². The predicted molar refractivity (Wildman–Crippen MR) is 96.6 cm³/mol. The summed E-state index contributed by atoms with van der Waals surface area (Å²) in [6, 6.07) is 0.630. The third-order valence-corrected chi connectivity index (χ3v) is 8.47. The van der Waals surface area contributed by atoms with Gasteiger partial charge in [-0.3, -0.25) is 0 Å². The van der Waals surface area contributed by atoms with Crippen LogP contribution in [0.2, 0.25) is 0 Å². The number of hydrogen-bond donors (Lipinski definition) is 0. The lowest BCUT2D eigenvalue weighted by atomic mass is 10.3. The molecule has 0 unspecified atom stereocenters. The monoisotopic (exact) mass is 314 g/mol. The Bertz CT molecular complexity index is 228. The molecule has 0 aliphatic carbocycles. The highest BCUT2D eigenvalue weighted by atomic mass is 27.2. The Morgan fingerprint density at radius 2 is 1.19 bits per heavy atom. The van der Waals surface area contributed by atoms with Crippen molar-refractivity contribution in [1.29, 1.82) is 0 Å². The van der Waals surface area contributed by atoms with Crippen LogP contribution >= 0.6 is 0 Å². The molecule has 0 fully saturated rings. The van der Waals surface area contributed by atoms with Gasteiger partial charge < -0.3 is 16.6 Å². The summed E-state index contributed by atoms with van der Waals surface area (Å²) in [5, 5.41) is 0. The van der Waals surface area contributed by atoms with Gasteiger partial charge in [0.1, 0.15) is 0 Å². The zero-order valence-corrected chi connectivity index (χ0v) is 17.0. The van der Waals surface area contributed by atoms with Gasteiger partial charge in [-0.25, -0.2) is 0 Å². The summed E-state index contributed by atoms with van der Waals surface area (Å²) in [5.74, 6) is 0. The van der Waals surface area contributed by atoms with Gasteiger partial charge >= 0.3 is 14.8 Å². The largest absolute Gasteiger partial charge is 0.609 e. The van der Waals surface area contributed by atoms with Gasteiger partial charge in [0.25, 0.3) is 0 Å². The Morgan fingerprint density at radius 1 is 0.762 bits per heavy atom. The summed E-state index contributed by atoms with van der Waals surface area (Å²) in [7, 11) is 4.34. The summed E-state index contributed by atoms with van der Waals surface area (Å²) < 4.78 is 8.26. The van der Waals surface area contributed by atoms with Gasteiger partial charge in [0, 0.05) is 0 Å². The molecule has 126 valence electrons. The molecule has 0 aromatic carbocycles. The van der Waals surface area contributed by atoms with Crippen molar-refractivity contribution in [2.75, 3.05) is 53.4 Å². The lowest BCUT2D eigenvalue weighted by molar-refractivity contribution is 0.243. The van der Waals surface area contributed by atoms with Gasteiger partial charge in [0.15, 0.2) is 0 Å². The van der Waals surface area contributed by atoms with Crippen LogP contribution in [0.4, 0.5) is 0 Å². The lowest BCUT2D eigenvalue weighted by Crippen LogP contribution is -2.64. The van der Waals surface area contributed by atoms with Crippen LogP contribution in [0.3, 0.4) is 0 Å². The predicted octanol–water partition coefficient (Wildman–Crippen LogP) is 2.32. The molecule has 0 aromatic heterocycles. The van der Waals surface area contributed by atoms with E-state index in [1.54, 1.807) is 0 Å². The Hall–Kier alpha value is 0.372. The average molecular weight is 314 g/mol. The first-order chi connectivity index (χ1) is 9.92. The van der Waals surface area contributed by atoms with Crippen LogP contribution in [0.15, 0.2) is 0 Å². The first-order valence-electron chi connectivity index (χ1n) is 8.81. The maximum atomic E-state index is 2.81. The molecule has 0 N–H and O–H groups in total. The molecule has 21 heavy (non-hydrogen) atoms. The van der Waals surface area contributed by atoms with E-state index < -0.39 is 14.8 Å². The fourth-order valence-corrected chi connectivity index (χ4v) is 6.51. The van der Waals surface area contributed by atoms with E-state index in [2.05, 4.69) is 72.2 Å². The Morgan fingerprint density at radius 3 is 1.48 bits per heavy atom. The fourth-order valence-electron chi connectivity index (χ4n) is 2.96. The highest BCUT2D eigenvalue weighted by Crippen LogP contribution is 2.12. The SMILES string of the molecule is CC[N](CC)[Al]([N](CC)CC)[N](CCCN(C)C)C(C)C. The topological polar surface area (TPSA) is 13.0 Å². The maximum Gasteiger partial charge on any atom is 0.609 e. The maximum absolute atomic E-state index is 2.81. The van der Waals surface area contributed by atoms with Crippen LogP contribution in [0.5, 0.6) is 0 Å². The summed E-state index contributed by atoms with van der Waals surface area (Å²) in [5.41, 5.74) is 0. The molecule has 0 saturated carbocycles. The Balaban J connectivity index is 5.07. The zero-order valence-electron chi connectivity index (χ0n) is 15.9. The molecular formula is C16H39AlN4. The molecule has 0 bridgehead atoms. The smallest absolute Gasteiger partial charge is 0.357 e. The lowest BCUT2D eigenvalue weighted by Gasteiger charge is -2.42. The van der Waals surface area contributed by atoms with E-state index in [-0.39, 0.29) is 0 Å². The summed E-state index contributed by atoms with van der Waals surface area (Å²) in [6.45, 7) is 21.0. The van der Waals surface area contributed by atoms with E-state index >= 15 is 0 Å². The standard InChI is InChI=1S/C8H19N2.2C4H10N.Al/c1-8(2)9-6-5-7-10(3)4;2*1-3-5-4-2;/h8H,5-7H2,1-4H3;2*3-4H2,1-2H3;/q3*-1;+3. The van der Waals surface area contributed by atoms with Crippen LogP contribution < -0.4 is 0 Å². The minimum atomic E-state index is -1.22. The minimum absolute atomic E-state index is 0.630. The number of rotatable bonds is 12. The van der Waals surface area contributed by atoms with E-state index in [0.717, 1.165) is 0 Å². The highest BCUT2D eigenvalue weighted by molar-refractivity contribution is 6.49. The molecule has 0 amide bonds. The van der Waals surface area contributed by atoms with Crippen LogP contribution in [0.25, 0.3) is 0 Å². The molecular weight excluding hydrogens is 275 g/mol. The quantitative estimate of drug-likeness (QED) is 0.513.